The Morgan fingerprint density at radius 1 is 0.726 bits per heavy atom. The molecule has 27 atom stereocenters. The smallest absolute Gasteiger partial charge is 0.200 e. The Hall–Kier alpha value is -0.980. The summed E-state index contributed by atoms with van der Waals surface area (Å²) >= 11 is 0. The van der Waals surface area contributed by atoms with Crippen molar-refractivity contribution in [2.45, 2.75) is 202 Å². The highest BCUT2D eigenvalue weighted by Crippen LogP contribution is 2.71. The van der Waals surface area contributed by atoms with E-state index < -0.39 is 117 Å². The van der Waals surface area contributed by atoms with Gasteiger partial charge < -0.3 is 89.0 Å². The van der Waals surface area contributed by atoms with E-state index in [2.05, 4.69) is 26.8 Å². The summed E-state index contributed by atoms with van der Waals surface area (Å²) in [5, 5.41) is 107. The van der Waals surface area contributed by atoms with Crippen LogP contribution in [0.25, 0.3) is 0 Å². The predicted octanol–water partition coefficient (Wildman–Crippen LogP) is -0.858. The second kappa shape index (κ2) is 17.0. The molecule has 0 radical (unpaired) electrons. The number of fused-ring (bicyclic) bond motifs is 7. The highest BCUT2D eigenvalue weighted by Gasteiger charge is 2.71. The zero-order valence-corrected chi connectivity index (χ0v) is 36.2. The first kappa shape index (κ1) is 46.1. The molecule has 4 aliphatic carbocycles. The lowest BCUT2D eigenvalue weighted by molar-refractivity contribution is -0.390. The summed E-state index contributed by atoms with van der Waals surface area (Å²) in [6.45, 7) is 9.21. The molecule has 0 aromatic carbocycles. The van der Waals surface area contributed by atoms with Crippen molar-refractivity contribution in [3.63, 3.8) is 0 Å². The van der Waals surface area contributed by atoms with Gasteiger partial charge >= 0.3 is 0 Å². The fourth-order valence-electron chi connectivity index (χ4n) is 13.9. The van der Waals surface area contributed by atoms with E-state index in [4.69, 9.17) is 37.9 Å². The van der Waals surface area contributed by atoms with E-state index in [1.54, 1.807) is 0 Å². The Bertz CT molecular complexity index is 1640. The third-order valence-corrected chi connectivity index (χ3v) is 17.5. The van der Waals surface area contributed by atoms with Crippen LogP contribution in [0.15, 0.2) is 11.6 Å². The molecule has 18 heteroatoms. The first-order valence-corrected chi connectivity index (χ1v) is 23.0. The largest absolute Gasteiger partial charge is 0.394 e. The maximum absolute atomic E-state index is 11.5. The van der Waals surface area contributed by atoms with Gasteiger partial charge in [0.05, 0.1) is 31.5 Å². The molecular formula is C44H70O18. The Morgan fingerprint density at radius 2 is 1.45 bits per heavy atom. The molecule has 9 aliphatic rings. The topological polar surface area (TPSA) is 276 Å². The van der Waals surface area contributed by atoms with Gasteiger partial charge in [0.2, 0.25) is 0 Å². The summed E-state index contributed by atoms with van der Waals surface area (Å²) in [5.41, 5.74) is 1.15. The number of aliphatic hydroxyl groups excluding tert-OH is 10. The molecular weight excluding hydrogens is 816 g/mol. The summed E-state index contributed by atoms with van der Waals surface area (Å²) < 4.78 is 49.4. The predicted molar refractivity (Wildman–Crippen MR) is 211 cm³/mol. The lowest BCUT2D eigenvalue weighted by atomic mass is 9.47. The zero-order valence-electron chi connectivity index (χ0n) is 36.2. The van der Waals surface area contributed by atoms with Gasteiger partial charge in [-0.3, -0.25) is 0 Å². The minimum Gasteiger partial charge on any atom is -0.394 e. The van der Waals surface area contributed by atoms with Crippen molar-refractivity contribution in [2.75, 3.05) is 13.2 Å². The normalized spacial score (nSPS) is 58.9. The molecule has 0 aromatic rings. The first-order valence-electron chi connectivity index (χ1n) is 23.0. The molecule has 354 valence electrons. The Morgan fingerprint density at radius 3 is 2.19 bits per heavy atom. The SMILES string of the molecule is C[C@@H]1C[C@H](O)[C@@]2(O[C@H]1O)O[C@H]1C[C@H]3[C@@H]4CC=C5C[C@@H](O[C@@H]6O[C@H](CO)[C@@H](O)[C@H](O[C@@H]7OC[C@@H](O)[C@H](O)[C@H]7O)[C@H]6O[C@@H]6O[C@@H](C)[C@H](O)[C@@H](O)[C@H]6O)CC[C@]5(C)[C@H]4CC[C@]3(C)[C@H]1[C@@H]2C. The van der Waals surface area contributed by atoms with Crippen LogP contribution in [0.2, 0.25) is 0 Å². The van der Waals surface area contributed by atoms with Gasteiger partial charge in [0.1, 0.15) is 67.1 Å². The molecule has 0 aromatic heterocycles. The summed E-state index contributed by atoms with van der Waals surface area (Å²) in [4.78, 5) is 0. The maximum Gasteiger partial charge on any atom is 0.200 e. The average Bonchev–Trinajstić information content (AvgIpc) is 3.69. The standard InChI is InChI=1S/C44H70O18/c1-17-12-28(47)44(62-38(17)54)18(2)29-26(61-44)14-24-22-7-6-20-13-21(8-10-42(20,4)23(22)9-11-43(24,29)5)57-41-37(60-40-35(53)33(51)30(48)19(3)56-40)36(32(50)27(15-45)58-41)59-39-34(52)31(49)25(46)16-55-39/h6,17-19,21-41,45-54H,7-16H2,1-5H3/t17-,18+,19+,21+,22-,23+,24+,25-,26+,27-,28+,29+,30+,31+,32-,33-,34-,35-,36+,37-,38-,39+,40+,41-,42+,43+,44-/m1/s1. The monoisotopic (exact) mass is 886 g/mol. The summed E-state index contributed by atoms with van der Waals surface area (Å²) in [7, 11) is 0. The molecule has 9 rings (SSSR count). The number of allylic oxidation sites excluding steroid dienone is 1. The van der Waals surface area contributed by atoms with Crippen LogP contribution in [0.3, 0.4) is 0 Å². The van der Waals surface area contributed by atoms with Crippen LogP contribution in [0.4, 0.5) is 0 Å². The van der Waals surface area contributed by atoms with Gasteiger partial charge in [0.25, 0.3) is 0 Å². The number of hydrogen-bond acceptors (Lipinski definition) is 18. The van der Waals surface area contributed by atoms with E-state index in [-0.39, 0.29) is 41.3 Å². The third kappa shape index (κ3) is 7.30. The maximum atomic E-state index is 11.5. The van der Waals surface area contributed by atoms with Crippen LogP contribution in [0, 0.1) is 46.3 Å². The Kier molecular flexibility index (Phi) is 12.6. The van der Waals surface area contributed by atoms with Crippen LogP contribution < -0.4 is 0 Å². The van der Waals surface area contributed by atoms with Crippen molar-refractivity contribution in [3.8, 4) is 0 Å². The lowest BCUT2D eigenvalue weighted by Crippen LogP contribution is -2.66. The van der Waals surface area contributed by atoms with Crippen molar-refractivity contribution in [1.29, 1.82) is 0 Å². The van der Waals surface area contributed by atoms with E-state index in [9.17, 15) is 51.1 Å². The molecule has 62 heavy (non-hydrogen) atoms. The van der Waals surface area contributed by atoms with Gasteiger partial charge in [-0.2, -0.15) is 0 Å². The van der Waals surface area contributed by atoms with Gasteiger partial charge in [-0.1, -0.05) is 39.3 Å². The van der Waals surface area contributed by atoms with Gasteiger partial charge in [-0.25, -0.2) is 0 Å². The molecule has 5 heterocycles. The van der Waals surface area contributed by atoms with Gasteiger partial charge in [-0.05, 0) is 92.8 Å². The third-order valence-electron chi connectivity index (χ3n) is 17.5. The van der Waals surface area contributed by atoms with Crippen molar-refractivity contribution in [2.24, 2.45) is 46.3 Å². The highest BCUT2D eigenvalue weighted by atomic mass is 16.8. The quantitative estimate of drug-likeness (QED) is 0.139. The van der Waals surface area contributed by atoms with E-state index in [0.717, 1.165) is 32.1 Å². The lowest BCUT2D eigenvalue weighted by Gasteiger charge is -2.59. The molecule has 1 spiro atoms. The highest BCUT2D eigenvalue weighted by molar-refractivity contribution is 5.26. The molecule has 5 saturated heterocycles. The number of rotatable bonds is 7. The van der Waals surface area contributed by atoms with E-state index in [0.29, 0.717) is 37.0 Å². The summed E-state index contributed by atoms with van der Waals surface area (Å²) in [6, 6.07) is 0. The van der Waals surface area contributed by atoms with Crippen LogP contribution in [0.1, 0.15) is 86.0 Å². The molecule has 3 saturated carbocycles. The van der Waals surface area contributed by atoms with Crippen molar-refractivity contribution in [1.82, 2.24) is 0 Å². The van der Waals surface area contributed by atoms with Crippen LogP contribution in [-0.4, -0.2) is 181 Å². The van der Waals surface area contributed by atoms with Gasteiger partial charge in [0.15, 0.2) is 30.9 Å². The van der Waals surface area contributed by atoms with Crippen LogP contribution in [-0.2, 0) is 37.9 Å². The second-order valence-corrected chi connectivity index (χ2v) is 20.8. The zero-order chi connectivity index (χ0) is 44.4. The second-order valence-electron chi connectivity index (χ2n) is 20.8. The molecule has 8 fully saturated rings. The summed E-state index contributed by atoms with van der Waals surface area (Å²) in [5.74, 6) is -0.0274. The van der Waals surface area contributed by atoms with Crippen molar-refractivity contribution < 1.29 is 89.0 Å². The van der Waals surface area contributed by atoms with E-state index in [1.807, 2.05) is 6.92 Å². The molecule has 0 amide bonds. The molecule has 18 nitrogen and oxygen atoms in total. The van der Waals surface area contributed by atoms with Gasteiger partial charge in [-0.15, -0.1) is 0 Å². The minimum absolute atomic E-state index is 0.0221. The van der Waals surface area contributed by atoms with Crippen LogP contribution >= 0.6 is 0 Å². The molecule has 0 bridgehead atoms. The number of hydrogen-bond donors (Lipinski definition) is 10. The fraction of sp³-hybridized carbons (Fsp3) is 0.955. The Balaban J connectivity index is 0.933. The Labute approximate surface area is 362 Å². The molecule has 10 N–H and O–H groups in total. The first-order chi connectivity index (χ1) is 29.3. The van der Waals surface area contributed by atoms with Crippen LogP contribution in [0.5, 0.6) is 0 Å². The number of ether oxygens (including phenoxy) is 8. The molecule has 0 unspecified atom stereocenters. The minimum atomic E-state index is -1.74. The van der Waals surface area contributed by atoms with Crippen molar-refractivity contribution >= 4 is 0 Å². The summed E-state index contributed by atoms with van der Waals surface area (Å²) in [6.07, 6.45) is -14.5. The fourth-order valence-corrected chi connectivity index (χ4v) is 13.9. The number of aliphatic hydroxyl groups is 10. The van der Waals surface area contributed by atoms with Crippen molar-refractivity contribution in [3.05, 3.63) is 11.6 Å². The van der Waals surface area contributed by atoms with Gasteiger partial charge in [0, 0.05) is 11.8 Å². The average molecular weight is 887 g/mol. The van der Waals surface area contributed by atoms with E-state index in [1.165, 1.54) is 12.5 Å². The molecule has 5 aliphatic heterocycles. The van der Waals surface area contributed by atoms with E-state index >= 15 is 0 Å².